The van der Waals surface area contributed by atoms with Crippen molar-refractivity contribution in [2.45, 2.75) is 39.7 Å². The fourth-order valence-corrected chi connectivity index (χ4v) is 1.90. The molecule has 2 amide bonds. The van der Waals surface area contributed by atoms with Crippen molar-refractivity contribution < 1.29 is 19.1 Å². The number of carbonyl (C=O) groups excluding carboxylic acids is 2. The molecule has 0 aliphatic rings. The second kappa shape index (κ2) is 8.48. The number of anilines is 1. The highest BCUT2D eigenvalue weighted by Gasteiger charge is 2.14. The Balaban J connectivity index is 2.72. The van der Waals surface area contributed by atoms with Crippen LogP contribution in [-0.4, -0.2) is 29.6 Å². The molecule has 5 nitrogen and oxygen atoms in total. The van der Waals surface area contributed by atoms with Crippen LogP contribution in [0.1, 0.15) is 44.0 Å². The van der Waals surface area contributed by atoms with Gasteiger partial charge in [-0.3, -0.25) is 9.59 Å². The summed E-state index contributed by atoms with van der Waals surface area (Å²) in [6.07, 6.45) is 0.734. The predicted molar refractivity (Wildman–Crippen MR) is 83.1 cm³/mol. The molecule has 0 aromatic heterocycles. The van der Waals surface area contributed by atoms with Crippen molar-refractivity contribution in [2.24, 2.45) is 5.92 Å². The molecule has 0 unspecified atom stereocenters. The van der Waals surface area contributed by atoms with E-state index in [1.165, 1.54) is 12.1 Å². The number of rotatable bonds is 7. The summed E-state index contributed by atoms with van der Waals surface area (Å²) >= 11 is 0. The molecule has 0 bridgehead atoms. The minimum absolute atomic E-state index is 0.0311. The quantitative estimate of drug-likeness (QED) is 0.723. The fourth-order valence-electron chi connectivity index (χ4n) is 1.90. The zero-order chi connectivity index (χ0) is 16.7. The number of aliphatic hydroxyl groups is 1. The molecular formula is C16H23FN2O3. The number of hydrogen-bond donors (Lipinski definition) is 3. The minimum atomic E-state index is -0.653. The van der Waals surface area contributed by atoms with Crippen LogP contribution in [-0.2, 0) is 4.79 Å². The van der Waals surface area contributed by atoms with E-state index in [2.05, 4.69) is 10.6 Å². The normalized spacial score (nSPS) is 12.1. The number of nitrogens with one attached hydrogen (secondary N) is 2. The van der Waals surface area contributed by atoms with Crippen molar-refractivity contribution in [1.29, 1.82) is 0 Å². The monoisotopic (exact) mass is 310 g/mol. The van der Waals surface area contributed by atoms with Crippen molar-refractivity contribution in [1.82, 2.24) is 5.32 Å². The third-order valence-electron chi connectivity index (χ3n) is 3.04. The molecule has 0 saturated heterocycles. The standard InChI is InChI=1S/C16H23FN2O3/c1-10(2)8-15(21)19-14-5-4-12(9-13(14)17)16(22)18-11(3)6-7-20/h4-5,9-11,20H,6-8H2,1-3H3,(H,18,22)(H,19,21)/t11-/m1/s1. The average Bonchev–Trinajstić information content (AvgIpc) is 2.40. The number of benzene rings is 1. The second-order valence-corrected chi connectivity index (χ2v) is 5.73. The van der Waals surface area contributed by atoms with Gasteiger partial charge in [-0.1, -0.05) is 13.8 Å². The number of aliphatic hydroxyl groups excluding tert-OH is 1. The summed E-state index contributed by atoms with van der Waals surface area (Å²) in [6, 6.07) is 3.71. The van der Waals surface area contributed by atoms with Gasteiger partial charge in [0.2, 0.25) is 5.91 Å². The van der Waals surface area contributed by atoms with Gasteiger partial charge in [-0.15, -0.1) is 0 Å². The van der Waals surface area contributed by atoms with Gasteiger partial charge in [0.25, 0.3) is 5.91 Å². The summed E-state index contributed by atoms with van der Waals surface area (Å²) in [5, 5.41) is 13.9. The topological polar surface area (TPSA) is 78.4 Å². The zero-order valence-corrected chi connectivity index (χ0v) is 13.1. The molecular weight excluding hydrogens is 287 g/mol. The van der Waals surface area contributed by atoms with Crippen molar-refractivity contribution >= 4 is 17.5 Å². The first-order chi connectivity index (χ1) is 10.3. The van der Waals surface area contributed by atoms with E-state index in [9.17, 15) is 14.0 Å². The molecule has 0 aliphatic heterocycles. The molecule has 1 atom stereocenters. The van der Waals surface area contributed by atoms with Crippen LogP contribution < -0.4 is 10.6 Å². The van der Waals surface area contributed by atoms with Gasteiger partial charge >= 0.3 is 0 Å². The highest BCUT2D eigenvalue weighted by atomic mass is 19.1. The second-order valence-electron chi connectivity index (χ2n) is 5.73. The third-order valence-corrected chi connectivity index (χ3v) is 3.04. The first-order valence-corrected chi connectivity index (χ1v) is 7.34. The van der Waals surface area contributed by atoms with Crippen LogP contribution in [0.4, 0.5) is 10.1 Å². The first kappa shape index (κ1) is 18.1. The minimum Gasteiger partial charge on any atom is -0.396 e. The van der Waals surface area contributed by atoms with Gasteiger partial charge in [0.15, 0.2) is 0 Å². The number of halogens is 1. The van der Waals surface area contributed by atoms with Crippen molar-refractivity contribution in [3.05, 3.63) is 29.6 Å². The highest BCUT2D eigenvalue weighted by molar-refractivity contribution is 5.96. The van der Waals surface area contributed by atoms with Crippen molar-refractivity contribution in [3.63, 3.8) is 0 Å². The number of carbonyl (C=O) groups is 2. The fraction of sp³-hybridized carbons (Fsp3) is 0.500. The maximum absolute atomic E-state index is 14.0. The Hall–Kier alpha value is -1.95. The van der Waals surface area contributed by atoms with Crippen LogP contribution in [0.2, 0.25) is 0 Å². The van der Waals surface area contributed by atoms with Gasteiger partial charge in [0.1, 0.15) is 5.82 Å². The summed E-state index contributed by atoms with van der Waals surface area (Å²) in [6.45, 7) is 5.52. The molecule has 1 rings (SSSR count). The van der Waals surface area contributed by atoms with E-state index in [1.54, 1.807) is 6.92 Å². The molecule has 0 saturated carbocycles. The van der Waals surface area contributed by atoms with Gasteiger partial charge in [-0.2, -0.15) is 0 Å². The molecule has 0 spiro atoms. The first-order valence-electron chi connectivity index (χ1n) is 7.34. The van der Waals surface area contributed by atoms with E-state index in [4.69, 9.17) is 5.11 Å². The Kier molecular flexibility index (Phi) is 6.98. The van der Waals surface area contributed by atoms with Crippen LogP contribution in [0.15, 0.2) is 18.2 Å². The lowest BCUT2D eigenvalue weighted by Gasteiger charge is -2.13. The molecule has 122 valence electrons. The Morgan fingerprint density at radius 2 is 1.95 bits per heavy atom. The highest BCUT2D eigenvalue weighted by Crippen LogP contribution is 2.17. The summed E-state index contributed by atoms with van der Waals surface area (Å²) < 4.78 is 14.0. The summed E-state index contributed by atoms with van der Waals surface area (Å²) in [5.41, 5.74) is 0.231. The molecule has 0 radical (unpaired) electrons. The van der Waals surface area contributed by atoms with Crippen LogP contribution in [0.25, 0.3) is 0 Å². The number of amides is 2. The number of hydrogen-bond acceptors (Lipinski definition) is 3. The largest absolute Gasteiger partial charge is 0.396 e. The summed E-state index contributed by atoms with van der Waals surface area (Å²) in [4.78, 5) is 23.5. The van der Waals surface area contributed by atoms with Gasteiger partial charge < -0.3 is 15.7 Å². The predicted octanol–water partition coefficient (Wildman–Crippen LogP) is 2.31. The molecule has 1 aromatic rings. The van der Waals surface area contributed by atoms with E-state index in [-0.39, 0.29) is 35.7 Å². The Morgan fingerprint density at radius 1 is 1.27 bits per heavy atom. The smallest absolute Gasteiger partial charge is 0.251 e. The molecule has 22 heavy (non-hydrogen) atoms. The molecule has 1 aromatic carbocycles. The van der Waals surface area contributed by atoms with Gasteiger partial charge in [0.05, 0.1) is 5.69 Å². The third kappa shape index (κ3) is 5.81. The summed E-state index contributed by atoms with van der Waals surface area (Å²) in [5.74, 6) is -1.15. The summed E-state index contributed by atoms with van der Waals surface area (Å²) in [7, 11) is 0. The Bertz CT molecular complexity index is 532. The Labute approximate surface area is 129 Å². The van der Waals surface area contributed by atoms with Crippen LogP contribution >= 0.6 is 0 Å². The molecule has 0 heterocycles. The maximum Gasteiger partial charge on any atom is 0.251 e. The lowest BCUT2D eigenvalue weighted by atomic mass is 10.1. The van der Waals surface area contributed by atoms with E-state index in [0.29, 0.717) is 12.8 Å². The molecule has 3 N–H and O–H groups in total. The molecule has 0 aliphatic carbocycles. The lowest BCUT2D eigenvalue weighted by molar-refractivity contribution is -0.116. The van der Waals surface area contributed by atoms with E-state index < -0.39 is 11.7 Å². The van der Waals surface area contributed by atoms with Gasteiger partial charge in [-0.05, 0) is 37.5 Å². The lowest BCUT2D eigenvalue weighted by Crippen LogP contribution is -2.33. The zero-order valence-electron chi connectivity index (χ0n) is 13.1. The van der Waals surface area contributed by atoms with Crippen LogP contribution in [0.3, 0.4) is 0 Å². The average molecular weight is 310 g/mol. The maximum atomic E-state index is 14.0. The SMILES string of the molecule is CC(C)CC(=O)Nc1ccc(C(=O)N[C@H](C)CCO)cc1F. The van der Waals surface area contributed by atoms with E-state index >= 15 is 0 Å². The van der Waals surface area contributed by atoms with Crippen LogP contribution in [0, 0.1) is 11.7 Å². The van der Waals surface area contributed by atoms with Crippen LogP contribution in [0.5, 0.6) is 0 Å². The van der Waals surface area contributed by atoms with Crippen molar-refractivity contribution in [3.8, 4) is 0 Å². The van der Waals surface area contributed by atoms with E-state index in [1.807, 2.05) is 13.8 Å². The van der Waals surface area contributed by atoms with Gasteiger partial charge in [0, 0.05) is 24.6 Å². The Morgan fingerprint density at radius 3 is 2.50 bits per heavy atom. The molecule has 6 heteroatoms. The molecule has 0 fully saturated rings. The van der Waals surface area contributed by atoms with Crippen molar-refractivity contribution in [2.75, 3.05) is 11.9 Å². The van der Waals surface area contributed by atoms with Gasteiger partial charge in [-0.25, -0.2) is 4.39 Å². The van der Waals surface area contributed by atoms with E-state index in [0.717, 1.165) is 6.07 Å².